The highest BCUT2D eigenvalue weighted by molar-refractivity contribution is 6.43. The highest BCUT2D eigenvalue weighted by Crippen LogP contribution is 2.34. The van der Waals surface area contributed by atoms with Crippen molar-refractivity contribution >= 4 is 29.2 Å². The molecule has 0 aliphatic heterocycles. The van der Waals surface area contributed by atoms with Gasteiger partial charge in [0, 0.05) is 5.56 Å². The molecule has 134 valence electrons. The summed E-state index contributed by atoms with van der Waals surface area (Å²) in [6.07, 6.45) is 0. The van der Waals surface area contributed by atoms with Crippen molar-refractivity contribution in [2.45, 2.75) is 13.5 Å². The summed E-state index contributed by atoms with van der Waals surface area (Å²) >= 11 is 12.2. The van der Waals surface area contributed by atoms with Gasteiger partial charge in [0.15, 0.2) is 6.61 Å². The number of carbonyl (C=O) groups is 1. The smallest absolute Gasteiger partial charge is 0.344 e. The minimum atomic E-state index is -0.482. The Kier molecular flexibility index (Phi) is 5.86. The maximum Gasteiger partial charge on any atom is 0.344 e. The summed E-state index contributed by atoms with van der Waals surface area (Å²) in [5, 5.41) is 0.861. The van der Waals surface area contributed by atoms with E-state index >= 15 is 0 Å². The van der Waals surface area contributed by atoms with E-state index in [-0.39, 0.29) is 13.2 Å². The van der Waals surface area contributed by atoms with Gasteiger partial charge < -0.3 is 13.9 Å². The SMILES string of the molecule is Cc1ccc(OCC(=O)OCc2ccc(-c3cccc(Cl)c3Cl)o2)cc1. The second kappa shape index (κ2) is 8.30. The van der Waals surface area contributed by atoms with E-state index in [1.165, 1.54) is 0 Å². The van der Waals surface area contributed by atoms with E-state index in [0.29, 0.717) is 32.9 Å². The van der Waals surface area contributed by atoms with E-state index in [1.807, 2.05) is 19.1 Å². The Bertz CT molecular complexity index is 900. The summed E-state index contributed by atoms with van der Waals surface area (Å²) in [5.41, 5.74) is 1.80. The highest BCUT2D eigenvalue weighted by atomic mass is 35.5. The second-order valence-electron chi connectivity index (χ2n) is 5.63. The molecule has 4 nitrogen and oxygen atoms in total. The molecule has 0 aliphatic rings. The van der Waals surface area contributed by atoms with Gasteiger partial charge in [0.2, 0.25) is 0 Å². The highest BCUT2D eigenvalue weighted by Gasteiger charge is 2.12. The van der Waals surface area contributed by atoms with Crippen molar-refractivity contribution in [2.24, 2.45) is 0 Å². The van der Waals surface area contributed by atoms with Gasteiger partial charge in [0.05, 0.1) is 10.0 Å². The number of halogens is 2. The summed E-state index contributed by atoms with van der Waals surface area (Å²) in [5.74, 6) is 1.19. The molecule has 0 amide bonds. The minimum absolute atomic E-state index is 0.00821. The zero-order chi connectivity index (χ0) is 18.5. The average molecular weight is 391 g/mol. The molecule has 1 aromatic heterocycles. The third kappa shape index (κ3) is 4.59. The number of rotatable bonds is 6. The van der Waals surface area contributed by atoms with Crippen LogP contribution in [-0.2, 0) is 16.1 Å². The lowest BCUT2D eigenvalue weighted by atomic mass is 10.2. The Morgan fingerprint density at radius 2 is 1.81 bits per heavy atom. The van der Waals surface area contributed by atoms with E-state index in [4.69, 9.17) is 37.1 Å². The van der Waals surface area contributed by atoms with Gasteiger partial charge >= 0.3 is 5.97 Å². The summed E-state index contributed by atoms with van der Waals surface area (Å²) in [7, 11) is 0. The third-order valence-corrected chi connectivity index (χ3v) is 4.45. The predicted molar refractivity (Wildman–Crippen MR) is 101 cm³/mol. The molecule has 26 heavy (non-hydrogen) atoms. The molecule has 0 bridgehead atoms. The lowest BCUT2D eigenvalue weighted by Gasteiger charge is -2.06. The Balaban J connectivity index is 1.53. The van der Waals surface area contributed by atoms with Gasteiger partial charge in [-0.05, 0) is 43.3 Å². The number of ether oxygens (including phenoxy) is 2. The van der Waals surface area contributed by atoms with Crippen molar-refractivity contribution < 1.29 is 18.7 Å². The van der Waals surface area contributed by atoms with Crippen LogP contribution in [0.1, 0.15) is 11.3 Å². The van der Waals surface area contributed by atoms with Crippen LogP contribution in [0.2, 0.25) is 10.0 Å². The number of aryl methyl sites for hydroxylation is 1. The largest absolute Gasteiger partial charge is 0.482 e. The Hall–Kier alpha value is -2.43. The van der Waals surface area contributed by atoms with Crippen molar-refractivity contribution in [1.29, 1.82) is 0 Å². The van der Waals surface area contributed by atoms with Crippen LogP contribution in [0, 0.1) is 6.92 Å². The average Bonchev–Trinajstić information content (AvgIpc) is 3.10. The predicted octanol–water partition coefficient (Wildman–Crippen LogP) is 5.68. The lowest BCUT2D eigenvalue weighted by molar-refractivity contribution is -0.147. The first-order chi connectivity index (χ1) is 12.5. The third-order valence-electron chi connectivity index (χ3n) is 3.63. The van der Waals surface area contributed by atoms with Crippen molar-refractivity contribution in [1.82, 2.24) is 0 Å². The monoisotopic (exact) mass is 390 g/mol. The van der Waals surface area contributed by atoms with Crippen molar-refractivity contribution in [3.05, 3.63) is 76.0 Å². The van der Waals surface area contributed by atoms with Crippen molar-refractivity contribution in [3.8, 4) is 17.1 Å². The summed E-state index contributed by atoms with van der Waals surface area (Å²) in [6, 6.07) is 16.2. The summed E-state index contributed by atoms with van der Waals surface area (Å²) < 4.78 is 16.2. The number of esters is 1. The minimum Gasteiger partial charge on any atom is -0.482 e. The van der Waals surface area contributed by atoms with E-state index in [2.05, 4.69) is 0 Å². The first-order valence-corrected chi connectivity index (χ1v) is 8.67. The van der Waals surface area contributed by atoms with E-state index in [1.54, 1.807) is 42.5 Å². The van der Waals surface area contributed by atoms with Gasteiger partial charge in [-0.25, -0.2) is 4.79 Å². The lowest BCUT2D eigenvalue weighted by Crippen LogP contribution is -2.14. The Morgan fingerprint density at radius 1 is 1.04 bits per heavy atom. The van der Waals surface area contributed by atoms with Crippen LogP contribution in [0.25, 0.3) is 11.3 Å². The molecule has 3 aromatic rings. The van der Waals surface area contributed by atoms with Crippen LogP contribution < -0.4 is 4.74 Å². The Labute approximate surface area is 161 Å². The molecule has 0 unspecified atom stereocenters. The van der Waals surface area contributed by atoms with Crippen LogP contribution in [0.15, 0.2) is 59.0 Å². The molecule has 0 saturated carbocycles. The molecule has 2 aromatic carbocycles. The topological polar surface area (TPSA) is 48.7 Å². The molecule has 0 atom stereocenters. The molecule has 6 heteroatoms. The fourth-order valence-corrected chi connectivity index (χ4v) is 2.66. The summed E-state index contributed by atoms with van der Waals surface area (Å²) in [6.45, 7) is 1.82. The maximum atomic E-state index is 11.8. The van der Waals surface area contributed by atoms with Crippen LogP contribution in [-0.4, -0.2) is 12.6 Å². The van der Waals surface area contributed by atoms with Crippen LogP contribution >= 0.6 is 23.2 Å². The van der Waals surface area contributed by atoms with Gasteiger partial charge in [-0.1, -0.05) is 47.0 Å². The van der Waals surface area contributed by atoms with Gasteiger partial charge in [-0.2, -0.15) is 0 Å². The molecule has 0 N–H and O–H groups in total. The number of furan rings is 1. The number of benzene rings is 2. The summed E-state index contributed by atoms with van der Waals surface area (Å²) in [4.78, 5) is 11.8. The van der Waals surface area contributed by atoms with Crippen LogP contribution in [0.4, 0.5) is 0 Å². The van der Waals surface area contributed by atoms with Gasteiger partial charge in [0.1, 0.15) is 23.9 Å². The zero-order valence-electron chi connectivity index (χ0n) is 14.0. The molecule has 0 radical (unpaired) electrons. The van der Waals surface area contributed by atoms with Gasteiger partial charge in [-0.15, -0.1) is 0 Å². The van der Waals surface area contributed by atoms with Crippen molar-refractivity contribution in [2.75, 3.05) is 6.61 Å². The first kappa shape index (κ1) is 18.4. The molecular weight excluding hydrogens is 375 g/mol. The molecule has 0 fully saturated rings. The van der Waals surface area contributed by atoms with Crippen LogP contribution in [0.3, 0.4) is 0 Å². The quantitative estimate of drug-likeness (QED) is 0.507. The molecule has 0 aliphatic carbocycles. The fraction of sp³-hybridized carbons (Fsp3) is 0.150. The number of hydrogen-bond donors (Lipinski definition) is 0. The number of hydrogen-bond acceptors (Lipinski definition) is 4. The standard InChI is InChI=1S/C20H16Cl2O4/c1-13-5-7-14(8-6-13)24-12-19(23)25-11-15-9-10-18(26-15)16-3-2-4-17(21)20(16)22/h2-10H,11-12H2,1H3. The second-order valence-corrected chi connectivity index (χ2v) is 6.41. The van der Waals surface area contributed by atoms with E-state index in [0.717, 1.165) is 5.56 Å². The normalized spacial score (nSPS) is 10.6. The molecule has 0 saturated heterocycles. The first-order valence-electron chi connectivity index (χ1n) is 7.91. The molecule has 0 spiro atoms. The number of carbonyl (C=O) groups excluding carboxylic acids is 1. The molecule has 1 heterocycles. The molecule has 3 rings (SSSR count). The van der Waals surface area contributed by atoms with E-state index < -0.39 is 5.97 Å². The van der Waals surface area contributed by atoms with Gasteiger partial charge in [-0.3, -0.25) is 0 Å². The zero-order valence-corrected chi connectivity index (χ0v) is 15.5. The van der Waals surface area contributed by atoms with Crippen LogP contribution in [0.5, 0.6) is 5.75 Å². The fourth-order valence-electron chi connectivity index (χ4n) is 2.26. The van der Waals surface area contributed by atoms with Gasteiger partial charge in [0.25, 0.3) is 0 Å². The maximum absolute atomic E-state index is 11.8. The Morgan fingerprint density at radius 3 is 2.58 bits per heavy atom. The van der Waals surface area contributed by atoms with E-state index in [9.17, 15) is 4.79 Å². The molecular formula is C20H16Cl2O4. The van der Waals surface area contributed by atoms with Crippen molar-refractivity contribution in [3.63, 3.8) is 0 Å².